The van der Waals surface area contributed by atoms with E-state index in [9.17, 15) is 9.18 Å². The first-order chi connectivity index (χ1) is 10.2. The van der Waals surface area contributed by atoms with Crippen LogP contribution in [0.15, 0.2) is 24.3 Å². The van der Waals surface area contributed by atoms with Gasteiger partial charge in [0.05, 0.1) is 19.3 Å². The molecule has 114 valence electrons. The summed E-state index contributed by atoms with van der Waals surface area (Å²) in [6.45, 7) is 1.93. The SMILES string of the molecule is O=C(Cc1ccccc1F)CN1CCOC2CCCCC21. The van der Waals surface area contributed by atoms with Crippen molar-refractivity contribution in [2.75, 3.05) is 19.7 Å². The van der Waals surface area contributed by atoms with E-state index in [0.717, 1.165) is 19.4 Å². The molecule has 21 heavy (non-hydrogen) atoms. The van der Waals surface area contributed by atoms with Crippen molar-refractivity contribution in [1.82, 2.24) is 4.90 Å². The third-order valence-electron chi connectivity index (χ3n) is 4.57. The highest BCUT2D eigenvalue weighted by Gasteiger charge is 2.34. The smallest absolute Gasteiger partial charge is 0.151 e. The quantitative estimate of drug-likeness (QED) is 0.854. The Morgan fingerprint density at radius 2 is 2.10 bits per heavy atom. The second-order valence-corrected chi connectivity index (χ2v) is 6.04. The molecule has 0 bridgehead atoms. The summed E-state index contributed by atoms with van der Waals surface area (Å²) in [4.78, 5) is 14.5. The van der Waals surface area contributed by atoms with Gasteiger partial charge in [-0.1, -0.05) is 31.0 Å². The molecule has 0 amide bonds. The van der Waals surface area contributed by atoms with Gasteiger partial charge in [0.15, 0.2) is 5.78 Å². The van der Waals surface area contributed by atoms with Crippen molar-refractivity contribution < 1.29 is 13.9 Å². The molecule has 0 spiro atoms. The first-order valence-corrected chi connectivity index (χ1v) is 7.85. The van der Waals surface area contributed by atoms with Crippen LogP contribution in [0.1, 0.15) is 31.2 Å². The molecule has 0 radical (unpaired) electrons. The molecule has 1 heterocycles. The van der Waals surface area contributed by atoms with Crippen molar-refractivity contribution in [3.05, 3.63) is 35.6 Å². The van der Waals surface area contributed by atoms with Gasteiger partial charge >= 0.3 is 0 Å². The number of rotatable bonds is 4. The molecule has 3 nitrogen and oxygen atoms in total. The molecule has 1 aliphatic heterocycles. The molecule has 3 rings (SSSR count). The van der Waals surface area contributed by atoms with E-state index in [1.165, 1.54) is 18.9 Å². The zero-order valence-corrected chi connectivity index (χ0v) is 12.3. The zero-order chi connectivity index (χ0) is 14.7. The fraction of sp³-hybridized carbons (Fsp3) is 0.588. The monoisotopic (exact) mass is 291 g/mol. The predicted octanol–water partition coefficient (Wildman–Crippen LogP) is 2.58. The van der Waals surface area contributed by atoms with Gasteiger partial charge in [-0.25, -0.2) is 4.39 Å². The minimum atomic E-state index is -0.289. The fourth-order valence-electron chi connectivity index (χ4n) is 3.51. The third-order valence-corrected chi connectivity index (χ3v) is 4.57. The van der Waals surface area contributed by atoms with Crippen LogP contribution in [-0.4, -0.2) is 42.5 Å². The zero-order valence-electron chi connectivity index (χ0n) is 12.3. The second kappa shape index (κ2) is 6.67. The molecule has 2 unspecified atom stereocenters. The number of ether oxygens (including phenoxy) is 1. The normalized spacial score (nSPS) is 26.3. The van der Waals surface area contributed by atoms with Crippen LogP contribution in [0.2, 0.25) is 0 Å². The van der Waals surface area contributed by atoms with Crippen LogP contribution in [-0.2, 0) is 16.0 Å². The topological polar surface area (TPSA) is 29.5 Å². The molecule has 1 aromatic carbocycles. The summed E-state index contributed by atoms with van der Waals surface area (Å²) < 4.78 is 19.4. The number of nitrogens with zero attached hydrogens (tertiary/aromatic N) is 1. The highest BCUT2D eigenvalue weighted by Crippen LogP contribution is 2.28. The molecular formula is C17H22FNO2. The number of carbonyl (C=O) groups is 1. The van der Waals surface area contributed by atoms with E-state index >= 15 is 0 Å². The highest BCUT2D eigenvalue weighted by molar-refractivity contribution is 5.82. The van der Waals surface area contributed by atoms with Crippen LogP contribution >= 0.6 is 0 Å². The molecule has 2 atom stereocenters. The summed E-state index contributed by atoms with van der Waals surface area (Å²) in [5.41, 5.74) is 0.496. The van der Waals surface area contributed by atoms with Gasteiger partial charge in [-0.15, -0.1) is 0 Å². The number of ketones is 1. The fourth-order valence-corrected chi connectivity index (χ4v) is 3.51. The number of hydrogen-bond acceptors (Lipinski definition) is 3. The van der Waals surface area contributed by atoms with E-state index in [2.05, 4.69) is 4.90 Å². The van der Waals surface area contributed by atoms with Crippen molar-refractivity contribution in [1.29, 1.82) is 0 Å². The summed E-state index contributed by atoms with van der Waals surface area (Å²) in [5, 5.41) is 0. The van der Waals surface area contributed by atoms with E-state index < -0.39 is 0 Å². The van der Waals surface area contributed by atoms with E-state index in [1.807, 2.05) is 0 Å². The van der Waals surface area contributed by atoms with Gasteiger partial charge in [-0.2, -0.15) is 0 Å². The van der Waals surface area contributed by atoms with Gasteiger partial charge in [-0.05, 0) is 24.5 Å². The standard InChI is InChI=1S/C17H22FNO2/c18-15-6-2-1-5-13(15)11-14(20)12-19-9-10-21-17-8-4-3-7-16(17)19/h1-2,5-6,16-17H,3-4,7-12H2. The van der Waals surface area contributed by atoms with Gasteiger partial charge in [-0.3, -0.25) is 9.69 Å². The Hall–Kier alpha value is -1.26. The molecule has 2 aliphatic rings. The van der Waals surface area contributed by atoms with Gasteiger partial charge in [0.2, 0.25) is 0 Å². The summed E-state index contributed by atoms with van der Waals surface area (Å²) in [5.74, 6) is -0.199. The third kappa shape index (κ3) is 3.50. The summed E-state index contributed by atoms with van der Waals surface area (Å²) in [6.07, 6.45) is 5.11. The van der Waals surface area contributed by atoms with E-state index in [0.29, 0.717) is 24.8 Å². The van der Waals surface area contributed by atoms with Crippen molar-refractivity contribution in [2.24, 2.45) is 0 Å². The average molecular weight is 291 g/mol. The molecule has 0 N–H and O–H groups in total. The molecule has 1 saturated heterocycles. The van der Waals surface area contributed by atoms with Gasteiger partial charge in [0.25, 0.3) is 0 Å². The average Bonchev–Trinajstić information content (AvgIpc) is 2.50. The number of benzene rings is 1. The lowest BCUT2D eigenvalue weighted by Gasteiger charge is -2.43. The number of carbonyl (C=O) groups excluding carboxylic acids is 1. The summed E-state index contributed by atoms with van der Waals surface area (Å²) in [6, 6.07) is 6.90. The van der Waals surface area contributed by atoms with Crippen LogP contribution < -0.4 is 0 Å². The van der Waals surface area contributed by atoms with Crippen LogP contribution in [0.3, 0.4) is 0 Å². The summed E-state index contributed by atoms with van der Waals surface area (Å²) >= 11 is 0. The Balaban J connectivity index is 1.60. The van der Waals surface area contributed by atoms with Crippen molar-refractivity contribution in [3.8, 4) is 0 Å². The van der Waals surface area contributed by atoms with Crippen molar-refractivity contribution >= 4 is 5.78 Å². The molecule has 2 fully saturated rings. The Kier molecular flexibility index (Phi) is 4.66. The van der Waals surface area contributed by atoms with Gasteiger partial charge in [0.1, 0.15) is 5.82 Å². The van der Waals surface area contributed by atoms with Crippen LogP contribution in [0.5, 0.6) is 0 Å². The first-order valence-electron chi connectivity index (χ1n) is 7.85. The van der Waals surface area contributed by atoms with Gasteiger partial charge in [0, 0.05) is 19.0 Å². The molecule has 4 heteroatoms. The largest absolute Gasteiger partial charge is 0.375 e. The maximum absolute atomic E-state index is 13.6. The van der Waals surface area contributed by atoms with Crippen molar-refractivity contribution in [2.45, 2.75) is 44.2 Å². The lowest BCUT2D eigenvalue weighted by Crippen LogP contribution is -2.54. The minimum Gasteiger partial charge on any atom is -0.375 e. The Labute approximate surface area is 125 Å². The first kappa shape index (κ1) is 14.7. The molecule has 1 aromatic rings. The number of hydrogen-bond donors (Lipinski definition) is 0. The van der Waals surface area contributed by atoms with E-state index in [4.69, 9.17) is 4.74 Å². The minimum absolute atomic E-state index is 0.0892. The lowest BCUT2D eigenvalue weighted by atomic mass is 9.90. The molecule has 1 saturated carbocycles. The Morgan fingerprint density at radius 3 is 2.95 bits per heavy atom. The predicted molar refractivity (Wildman–Crippen MR) is 78.7 cm³/mol. The number of Topliss-reactive ketones (excluding diaryl/α,β-unsaturated/α-hetero) is 1. The number of halogens is 1. The number of morpholine rings is 1. The highest BCUT2D eigenvalue weighted by atomic mass is 19.1. The second-order valence-electron chi connectivity index (χ2n) is 6.04. The molecule has 0 aromatic heterocycles. The molecular weight excluding hydrogens is 269 g/mol. The van der Waals surface area contributed by atoms with Crippen LogP contribution in [0.25, 0.3) is 0 Å². The Bertz CT molecular complexity index is 503. The van der Waals surface area contributed by atoms with E-state index in [1.54, 1.807) is 18.2 Å². The van der Waals surface area contributed by atoms with Crippen LogP contribution in [0.4, 0.5) is 4.39 Å². The van der Waals surface area contributed by atoms with Gasteiger partial charge < -0.3 is 4.74 Å². The molecule has 1 aliphatic carbocycles. The maximum atomic E-state index is 13.6. The van der Waals surface area contributed by atoms with Crippen LogP contribution in [0, 0.1) is 5.82 Å². The van der Waals surface area contributed by atoms with Crippen molar-refractivity contribution in [3.63, 3.8) is 0 Å². The van der Waals surface area contributed by atoms with E-state index in [-0.39, 0.29) is 24.1 Å². The Morgan fingerprint density at radius 1 is 1.29 bits per heavy atom. The lowest BCUT2D eigenvalue weighted by molar-refractivity contribution is -0.126. The summed E-state index contributed by atoms with van der Waals surface area (Å²) in [7, 11) is 0. The number of fused-ring (bicyclic) bond motifs is 1. The maximum Gasteiger partial charge on any atom is 0.151 e.